The number of nitrogens with two attached hydrogens (primary N) is 1. The molecular weight excluding hydrogens is 274 g/mol. The van der Waals surface area contributed by atoms with Crippen LogP contribution in [0.25, 0.3) is 0 Å². The normalized spacial score (nSPS) is 25.0. The van der Waals surface area contributed by atoms with Crippen molar-refractivity contribution < 1.29 is 13.2 Å². The molecule has 6 heteroatoms. The lowest BCUT2D eigenvalue weighted by Crippen LogP contribution is -2.42. The molecule has 2 rings (SSSR count). The molecule has 18 heavy (non-hydrogen) atoms. The molecule has 0 amide bonds. The smallest absolute Gasteiger partial charge is 0.212 e. The Balaban J connectivity index is 2.18. The molecule has 1 fully saturated rings. The zero-order chi connectivity index (χ0) is 13.2. The number of benzene rings is 1. The van der Waals surface area contributed by atoms with E-state index in [2.05, 4.69) is 0 Å². The summed E-state index contributed by atoms with van der Waals surface area (Å²) < 4.78 is 28.5. The molecule has 0 aliphatic carbocycles. The first-order valence-electron chi connectivity index (χ1n) is 5.81. The van der Waals surface area contributed by atoms with Gasteiger partial charge in [0.05, 0.1) is 11.9 Å². The van der Waals surface area contributed by atoms with Gasteiger partial charge in [0.15, 0.2) is 0 Å². The van der Waals surface area contributed by atoms with Crippen LogP contribution >= 0.6 is 11.6 Å². The highest BCUT2D eigenvalue weighted by Gasteiger charge is 2.34. The molecule has 0 radical (unpaired) electrons. The number of ether oxygens (including phenoxy) is 1. The summed E-state index contributed by atoms with van der Waals surface area (Å²) in [6.07, 6.45) is 1.02. The number of hydrogen-bond donors (Lipinski definition) is 1. The second-order valence-electron chi connectivity index (χ2n) is 4.55. The van der Waals surface area contributed by atoms with Crippen molar-refractivity contribution in [3.8, 4) is 0 Å². The fourth-order valence-corrected chi connectivity index (χ4v) is 3.70. The Morgan fingerprint density at radius 2 is 2.11 bits per heavy atom. The van der Waals surface area contributed by atoms with E-state index in [1.54, 1.807) is 6.07 Å². The summed E-state index contributed by atoms with van der Waals surface area (Å²) in [5, 5.41) is 5.39. The summed E-state index contributed by atoms with van der Waals surface area (Å²) >= 11 is 6.08. The third kappa shape index (κ3) is 3.23. The lowest BCUT2D eigenvalue weighted by atomic mass is 9.93. The first-order chi connectivity index (χ1) is 8.48. The largest absolute Gasteiger partial charge is 0.381 e. The van der Waals surface area contributed by atoms with E-state index in [0.29, 0.717) is 31.1 Å². The van der Waals surface area contributed by atoms with Crippen molar-refractivity contribution in [2.75, 3.05) is 13.2 Å². The van der Waals surface area contributed by atoms with Crippen molar-refractivity contribution in [1.82, 2.24) is 0 Å². The molecule has 1 aromatic rings. The van der Waals surface area contributed by atoms with E-state index in [1.807, 2.05) is 18.2 Å². The van der Waals surface area contributed by atoms with Gasteiger partial charge in [0, 0.05) is 17.5 Å². The third-order valence-electron chi connectivity index (χ3n) is 3.27. The molecule has 1 saturated heterocycles. The molecule has 0 aromatic heterocycles. The number of primary sulfonamides is 1. The van der Waals surface area contributed by atoms with E-state index in [1.165, 1.54) is 0 Å². The summed E-state index contributed by atoms with van der Waals surface area (Å²) in [5.74, 6) is -0.131. The summed E-state index contributed by atoms with van der Waals surface area (Å²) in [7, 11) is -3.53. The molecule has 0 unspecified atom stereocenters. The minimum Gasteiger partial charge on any atom is -0.381 e. The Morgan fingerprint density at radius 1 is 1.39 bits per heavy atom. The van der Waals surface area contributed by atoms with Crippen LogP contribution in [0.3, 0.4) is 0 Å². The quantitative estimate of drug-likeness (QED) is 0.918. The minimum absolute atomic E-state index is 0.131. The molecule has 0 saturated carbocycles. The highest BCUT2D eigenvalue weighted by Crippen LogP contribution is 2.27. The maximum Gasteiger partial charge on any atom is 0.212 e. The van der Waals surface area contributed by atoms with Crippen LogP contribution in [0.4, 0.5) is 0 Å². The average molecular weight is 290 g/mol. The highest BCUT2D eigenvalue weighted by atomic mass is 35.5. The number of halogens is 1. The van der Waals surface area contributed by atoms with Gasteiger partial charge in [0.2, 0.25) is 10.0 Å². The fraction of sp³-hybridized carbons (Fsp3) is 0.500. The molecule has 0 spiro atoms. The van der Waals surface area contributed by atoms with Crippen molar-refractivity contribution in [2.45, 2.75) is 18.1 Å². The maximum atomic E-state index is 11.6. The van der Waals surface area contributed by atoms with Crippen LogP contribution in [0.5, 0.6) is 0 Å². The van der Waals surface area contributed by atoms with E-state index in [-0.39, 0.29) is 5.92 Å². The Bertz CT molecular complexity index is 518. The van der Waals surface area contributed by atoms with E-state index < -0.39 is 15.3 Å². The van der Waals surface area contributed by atoms with Crippen LogP contribution in [0.2, 0.25) is 5.02 Å². The van der Waals surface area contributed by atoms with Crippen LogP contribution in [0.1, 0.15) is 12.0 Å². The zero-order valence-corrected chi connectivity index (χ0v) is 11.5. The maximum absolute atomic E-state index is 11.6. The zero-order valence-electron chi connectivity index (χ0n) is 9.88. The summed E-state index contributed by atoms with van der Waals surface area (Å²) in [4.78, 5) is 0. The van der Waals surface area contributed by atoms with E-state index in [4.69, 9.17) is 21.5 Å². The Hall–Kier alpha value is -0.620. The molecule has 2 N–H and O–H groups in total. The van der Waals surface area contributed by atoms with Crippen LogP contribution in [-0.2, 0) is 21.2 Å². The minimum atomic E-state index is -3.53. The predicted octanol–water partition coefficient (Wildman–Crippen LogP) is 1.58. The van der Waals surface area contributed by atoms with Gasteiger partial charge in [-0.3, -0.25) is 0 Å². The lowest BCUT2D eigenvalue weighted by Gasteiger charge is -2.30. The highest BCUT2D eigenvalue weighted by molar-refractivity contribution is 7.89. The Morgan fingerprint density at radius 3 is 2.78 bits per heavy atom. The molecule has 4 nitrogen and oxygen atoms in total. The number of rotatable bonds is 3. The first kappa shape index (κ1) is 13.8. The first-order valence-corrected chi connectivity index (χ1v) is 7.80. The molecule has 0 bridgehead atoms. The van der Waals surface area contributed by atoms with E-state index in [9.17, 15) is 8.42 Å². The van der Waals surface area contributed by atoms with E-state index >= 15 is 0 Å². The van der Waals surface area contributed by atoms with Gasteiger partial charge in [-0.15, -0.1) is 0 Å². The molecular formula is C12H16ClNO3S. The standard InChI is InChI=1S/C12H16ClNO3S/c13-11-4-2-1-3-9(11)7-10-8-17-6-5-12(10)18(14,15)16/h1-4,10,12H,5-8H2,(H2,14,15,16)/t10-,12+/m0/s1. The fourth-order valence-electron chi connectivity index (χ4n) is 2.35. The van der Waals surface area contributed by atoms with Gasteiger partial charge in [-0.25, -0.2) is 13.6 Å². The van der Waals surface area contributed by atoms with Gasteiger partial charge in [0.1, 0.15) is 0 Å². The van der Waals surface area contributed by atoms with Crippen LogP contribution in [0, 0.1) is 5.92 Å². The average Bonchev–Trinajstić information content (AvgIpc) is 2.31. The van der Waals surface area contributed by atoms with Crippen molar-refractivity contribution in [3.05, 3.63) is 34.9 Å². The third-order valence-corrected chi connectivity index (χ3v) is 5.10. The Labute approximate surface area is 112 Å². The molecule has 2 atom stereocenters. The number of hydrogen-bond acceptors (Lipinski definition) is 3. The number of sulfonamides is 1. The van der Waals surface area contributed by atoms with Gasteiger partial charge < -0.3 is 4.74 Å². The SMILES string of the molecule is NS(=O)(=O)[C@@H]1CCOC[C@@H]1Cc1ccccc1Cl. The van der Waals surface area contributed by atoms with Gasteiger partial charge >= 0.3 is 0 Å². The van der Waals surface area contributed by atoms with Crippen molar-refractivity contribution in [1.29, 1.82) is 0 Å². The second-order valence-corrected chi connectivity index (χ2v) is 6.74. The molecule has 1 aromatic carbocycles. The molecule has 1 aliphatic heterocycles. The van der Waals surface area contributed by atoms with Crippen LogP contribution in [0.15, 0.2) is 24.3 Å². The van der Waals surface area contributed by atoms with Crippen molar-refractivity contribution in [2.24, 2.45) is 11.1 Å². The summed E-state index contributed by atoms with van der Waals surface area (Å²) in [6, 6.07) is 7.43. The van der Waals surface area contributed by atoms with Crippen LogP contribution in [-0.4, -0.2) is 26.9 Å². The predicted molar refractivity (Wildman–Crippen MR) is 71.0 cm³/mol. The van der Waals surface area contributed by atoms with Gasteiger partial charge in [-0.2, -0.15) is 0 Å². The second kappa shape index (κ2) is 5.57. The summed E-state index contributed by atoms with van der Waals surface area (Å²) in [5.41, 5.74) is 0.934. The van der Waals surface area contributed by atoms with E-state index in [0.717, 1.165) is 5.56 Å². The Kier molecular flexibility index (Phi) is 4.27. The molecule has 1 heterocycles. The molecule has 1 aliphatic rings. The lowest BCUT2D eigenvalue weighted by molar-refractivity contribution is 0.0572. The van der Waals surface area contributed by atoms with Gasteiger partial charge in [-0.05, 0) is 24.5 Å². The van der Waals surface area contributed by atoms with Crippen LogP contribution < -0.4 is 5.14 Å². The topological polar surface area (TPSA) is 69.4 Å². The molecule has 100 valence electrons. The van der Waals surface area contributed by atoms with Crippen molar-refractivity contribution in [3.63, 3.8) is 0 Å². The van der Waals surface area contributed by atoms with Gasteiger partial charge in [0.25, 0.3) is 0 Å². The summed E-state index contributed by atoms with van der Waals surface area (Å²) in [6.45, 7) is 0.854. The van der Waals surface area contributed by atoms with Crippen molar-refractivity contribution >= 4 is 21.6 Å². The van der Waals surface area contributed by atoms with Gasteiger partial charge in [-0.1, -0.05) is 29.8 Å². The monoisotopic (exact) mass is 289 g/mol.